The molecule has 0 saturated heterocycles. The highest BCUT2D eigenvalue weighted by Crippen LogP contribution is 2.30. The molecule has 0 atom stereocenters. The van der Waals surface area contributed by atoms with E-state index in [0.29, 0.717) is 25.3 Å². The maximum Gasteiger partial charge on any atom is 0.387 e. The molecule has 1 aliphatic heterocycles. The minimum Gasteiger partial charge on any atom is -0.490 e. The molecular formula is C19H19F2NO3S. The summed E-state index contributed by atoms with van der Waals surface area (Å²) in [5, 5.41) is 2.05. The summed E-state index contributed by atoms with van der Waals surface area (Å²) in [7, 11) is 0. The first-order valence-electron chi connectivity index (χ1n) is 8.30. The summed E-state index contributed by atoms with van der Waals surface area (Å²) in [5.41, 5.74) is 1.88. The monoisotopic (exact) mass is 379 g/mol. The van der Waals surface area contributed by atoms with Crippen LogP contribution in [-0.4, -0.2) is 30.6 Å². The van der Waals surface area contributed by atoms with Gasteiger partial charge in [-0.15, -0.1) is 11.3 Å². The van der Waals surface area contributed by atoms with Crippen molar-refractivity contribution in [3.8, 4) is 11.5 Å². The van der Waals surface area contributed by atoms with Crippen LogP contribution in [0.1, 0.15) is 22.9 Å². The number of carbonyl (C=O) groups excluding carboxylic acids is 1. The van der Waals surface area contributed by atoms with E-state index in [9.17, 15) is 13.6 Å². The van der Waals surface area contributed by atoms with Crippen molar-refractivity contribution in [2.75, 3.05) is 13.2 Å². The molecule has 1 aromatic carbocycles. The van der Waals surface area contributed by atoms with E-state index in [1.165, 1.54) is 22.6 Å². The van der Waals surface area contributed by atoms with E-state index < -0.39 is 6.61 Å². The first-order valence-corrected chi connectivity index (χ1v) is 9.18. The van der Waals surface area contributed by atoms with E-state index in [1.54, 1.807) is 41.4 Å². The molecule has 2 aromatic rings. The third kappa shape index (κ3) is 4.40. The normalized spacial score (nSPS) is 13.9. The summed E-state index contributed by atoms with van der Waals surface area (Å²) in [4.78, 5) is 15.6. The minimum atomic E-state index is -2.92. The molecule has 2 heterocycles. The lowest BCUT2D eigenvalue weighted by Crippen LogP contribution is -2.34. The summed E-state index contributed by atoms with van der Waals surface area (Å²) in [6.45, 7) is 0.476. The van der Waals surface area contributed by atoms with Crippen LogP contribution in [0.3, 0.4) is 0 Å². The van der Waals surface area contributed by atoms with Gasteiger partial charge in [-0.05, 0) is 54.1 Å². The molecule has 1 aromatic heterocycles. The van der Waals surface area contributed by atoms with E-state index in [-0.39, 0.29) is 17.4 Å². The van der Waals surface area contributed by atoms with Gasteiger partial charge in [0.2, 0.25) is 5.91 Å². The Morgan fingerprint density at radius 1 is 1.35 bits per heavy atom. The van der Waals surface area contributed by atoms with Crippen molar-refractivity contribution >= 4 is 23.3 Å². The zero-order chi connectivity index (χ0) is 18.5. The highest BCUT2D eigenvalue weighted by atomic mass is 32.1. The third-order valence-corrected chi connectivity index (χ3v) is 5.04. The Morgan fingerprint density at radius 2 is 2.19 bits per heavy atom. The molecule has 26 heavy (non-hydrogen) atoms. The van der Waals surface area contributed by atoms with Crippen molar-refractivity contribution in [2.24, 2.45) is 0 Å². The average Bonchev–Trinajstić information content (AvgIpc) is 3.09. The first-order chi connectivity index (χ1) is 12.6. The number of carbonyl (C=O) groups is 1. The predicted octanol–water partition coefficient (Wildman–Crippen LogP) is 4.35. The van der Waals surface area contributed by atoms with Gasteiger partial charge >= 0.3 is 6.61 Å². The number of hydrogen-bond acceptors (Lipinski definition) is 4. The molecule has 0 N–H and O–H groups in total. The van der Waals surface area contributed by atoms with Crippen LogP contribution in [0.4, 0.5) is 8.78 Å². The van der Waals surface area contributed by atoms with Gasteiger partial charge in [0.1, 0.15) is 0 Å². The van der Waals surface area contributed by atoms with Crippen LogP contribution in [0.2, 0.25) is 0 Å². The Hall–Kier alpha value is -2.41. The largest absolute Gasteiger partial charge is 0.490 e. The van der Waals surface area contributed by atoms with E-state index in [1.807, 2.05) is 5.38 Å². The summed E-state index contributed by atoms with van der Waals surface area (Å²) in [6, 6.07) is 6.66. The van der Waals surface area contributed by atoms with Crippen LogP contribution in [0.15, 0.2) is 35.7 Å². The molecule has 1 aliphatic rings. The van der Waals surface area contributed by atoms with Crippen molar-refractivity contribution in [3.63, 3.8) is 0 Å². The van der Waals surface area contributed by atoms with E-state index in [2.05, 4.69) is 10.8 Å². The average molecular weight is 379 g/mol. The predicted molar refractivity (Wildman–Crippen MR) is 96.7 cm³/mol. The molecule has 0 fully saturated rings. The van der Waals surface area contributed by atoms with Gasteiger partial charge in [0, 0.05) is 24.0 Å². The van der Waals surface area contributed by atoms with Crippen molar-refractivity contribution < 1.29 is 23.0 Å². The molecule has 0 bridgehead atoms. The molecule has 4 nitrogen and oxygen atoms in total. The highest BCUT2D eigenvalue weighted by molar-refractivity contribution is 7.10. The standard InChI is InChI=1S/C19H19F2NO3S/c1-2-24-16-11-13(3-5-15(16)25-19(20)21)4-6-18(23)22-9-7-17-14(12-22)8-10-26-17/h3-6,8,10-11,19H,2,7,9,12H2,1H3. The smallest absolute Gasteiger partial charge is 0.387 e. The third-order valence-electron chi connectivity index (χ3n) is 4.02. The van der Waals surface area contributed by atoms with Crippen LogP contribution in [0, 0.1) is 0 Å². The molecule has 138 valence electrons. The van der Waals surface area contributed by atoms with Crippen LogP contribution < -0.4 is 9.47 Å². The molecule has 1 amide bonds. The fourth-order valence-electron chi connectivity index (χ4n) is 2.80. The molecule has 0 spiro atoms. The summed E-state index contributed by atoms with van der Waals surface area (Å²) < 4.78 is 34.7. The van der Waals surface area contributed by atoms with Crippen LogP contribution in [0.5, 0.6) is 11.5 Å². The van der Waals surface area contributed by atoms with Gasteiger partial charge in [0.15, 0.2) is 11.5 Å². The van der Waals surface area contributed by atoms with E-state index in [4.69, 9.17) is 4.74 Å². The van der Waals surface area contributed by atoms with Crippen molar-refractivity contribution in [3.05, 3.63) is 51.7 Å². The fraction of sp³-hybridized carbons (Fsp3) is 0.316. The molecule has 7 heteroatoms. The Kier molecular flexibility index (Phi) is 5.88. The van der Waals surface area contributed by atoms with Crippen molar-refractivity contribution in [1.82, 2.24) is 4.90 Å². The first kappa shape index (κ1) is 18.4. The van der Waals surface area contributed by atoms with Crippen LogP contribution >= 0.6 is 11.3 Å². The Labute approximate surface area is 154 Å². The highest BCUT2D eigenvalue weighted by Gasteiger charge is 2.19. The zero-order valence-electron chi connectivity index (χ0n) is 14.3. The molecule has 0 saturated carbocycles. The zero-order valence-corrected chi connectivity index (χ0v) is 15.1. The number of alkyl halides is 2. The van der Waals surface area contributed by atoms with Crippen molar-refractivity contribution in [1.29, 1.82) is 0 Å². The minimum absolute atomic E-state index is 0.0219. The second-order valence-electron chi connectivity index (χ2n) is 5.73. The second kappa shape index (κ2) is 8.31. The number of rotatable bonds is 6. The van der Waals surface area contributed by atoms with Crippen molar-refractivity contribution in [2.45, 2.75) is 26.5 Å². The molecule has 0 aliphatic carbocycles. The van der Waals surface area contributed by atoms with Gasteiger partial charge in [0.05, 0.1) is 6.61 Å². The Balaban J connectivity index is 1.69. The lowest BCUT2D eigenvalue weighted by Gasteiger charge is -2.25. The molecule has 0 unspecified atom stereocenters. The summed E-state index contributed by atoms with van der Waals surface area (Å²) in [5.74, 6) is 0.127. The quantitative estimate of drug-likeness (QED) is 0.701. The van der Waals surface area contributed by atoms with Gasteiger partial charge in [-0.25, -0.2) is 0 Å². The SMILES string of the molecule is CCOc1cc(C=CC(=O)N2CCc3sccc3C2)ccc1OC(F)F. The Bertz CT molecular complexity index is 804. The molecular weight excluding hydrogens is 360 g/mol. The molecule has 0 radical (unpaired) electrons. The number of amides is 1. The number of benzene rings is 1. The maximum atomic E-state index is 12.4. The number of fused-ring (bicyclic) bond motifs is 1. The number of hydrogen-bond donors (Lipinski definition) is 0. The summed E-state index contributed by atoms with van der Waals surface area (Å²) in [6.07, 6.45) is 4.02. The number of thiophene rings is 1. The van der Waals surface area contributed by atoms with Gasteiger partial charge in [0.25, 0.3) is 0 Å². The maximum absolute atomic E-state index is 12.4. The number of nitrogens with zero attached hydrogens (tertiary/aromatic N) is 1. The lowest BCUT2D eigenvalue weighted by atomic mass is 10.1. The number of halogens is 2. The van der Waals surface area contributed by atoms with E-state index in [0.717, 1.165) is 6.42 Å². The number of ether oxygens (including phenoxy) is 2. The summed E-state index contributed by atoms with van der Waals surface area (Å²) >= 11 is 1.73. The lowest BCUT2D eigenvalue weighted by molar-refractivity contribution is -0.126. The fourth-order valence-corrected chi connectivity index (χ4v) is 3.69. The van der Waals surface area contributed by atoms with Gasteiger partial charge in [-0.2, -0.15) is 8.78 Å². The van der Waals surface area contributed by atoms with E-state index >= 15 is 0 Å². The van der Waals surface area contributed by atoms with Gasteiger partial charge in [-0.3, -0.25) is 4.79 Å². The van der Waals surface area contributed by atoms with Gasteiger partial charge < -0.3 is 14.4 Å². The van der Waals surface area contributed by atoms with Gasteiger partial charge in [-0.1, -0.05) is 6.07 Å². The Morgan fingerprint density at radius 3 is 2.96 bits per heavy atom. The molecule has 3 rings (SSSR count). The second-order valence-corrected chi connectivity index (χ2v) is 6.73. The van der Waals surface area contributed by atoms with Crippen LogP contribution in [-0.2, 0) is 17.8 Å². The topological polar surface area (TPSA) is 38.8 Å². The van der Waals surface area contributed by atoms with Crippen LogP contribution in [0.25, 0.3) is 6.08 Å².